The van der Waals surface area contributed by atoms with Crippen LogP contribution in [0.25, 0.3) is 0 Å². The largest absolute Gasteiger partial charge is 0.481 e. The molecular formula is C19H28N2O3. The van der Waals surface area contributed by atoms with E-state index in [1.54, 1.807) is 7.11 Å². The summed E-state index contributed by atoms with van der Waals surface area (Å²) in [7, 11) is 1.62. The summed E-state index contributed by atoms with van der Waals surface area (Å²) in [5.74, 6) is 0.660. The number of methoxy groups -OCH3 is 1. The van der Waals surface area contributed by atoms with Crippen LogP contribution in [0.3, 0.4) is 0 Å². The third-order valence-electron chi connectivity index (χ3n) is 5.79. The third-order valence-corrected chi connectivity index (χ3v) is 5.79. The fourth-order valence-corrected chi connectivity index (χ4v) is 4.43. The van der Waals surface area contributed by atoms with Gasteiger partial charge in [0.05, 0.1) is 13.0 Å². The lowest BCUT2D eigenvalue weighted by Crippen LogP contribution is -2.29. The number of hydrogen-bond acceptors (Lipinski definition) is 4. The summed E-state index contributed by atoms with van der Waals surface area (Å²) in [6.45, 7) is 4.31. The van der Waals surface area contributed by atoms with Gasteiger partial charge in [-0.2, -0.15) is 0 Å². The Kier molecular flexibility index (Phi) is 5.39. The SMILES string of the molecule is COc1ccc(CN2C[C@H](C(=O)O)[C@@H](C3CCCCC3)C2)c(C)n1. The molecule has 3 rings (SSSR count). The van der Waals surface area contributed by atoms with Crippen LogP contribution >= 0.6 is 0 Å². The van der Waals surface area contributed by atoms with Gasteiger partial charge in [-0.05, 0) is 24.3 Å². The number of carboxylic acid groups (broad SMARTS) is 1. The first-order valence-corrected chi connectivity index (χ1v) is 9.04. The first-order valence-electron chi connectivity index (χ1n) is 9.04. The van der Waals surface area contributed by atoms with Crippen LogP contribution in [-0.2, 0) is 11.3 Å². The lowest BCUT2D eigenvalue weighted by Gasteiger charge is -2.29. The predicted octanol–water partition coefficient (Wildman–Crippen LogP) is 3.11. The van der Waals surface area contributed by atoms with Gasteiger partial charge in [-0.25, -0.2) is 4.98 Å². The molecule has 1 saturated carbocycles. The van der Waals surface area contributed by atoms with Crippen LogP contribution in [0.2, 0.25) is 0 Å². The molecule has 2 fully saturated rings. The second kappa shape index (κ2) is 7.51. The number of pyridine rings is 1. The summed E-state index contributed by atoms with van der Waals surface area (Å²) in [4.78, 5) is 18.5. The molecule has 24 heavy (non-hydrogen) atoms. The standard InChI is InChI=1S/C19H28N2O3/c1-13-15(8-9-18(20-13)24-2)10-21-11-16(17(12-21)19(22)23)14-6-4-3-5-7-14/h8-9,14,16-17H,3-7,10-12H2,1-2H3,(H,22,23)/t16-,17+/m1/s1. The number of aryl methyl sites for hydroxylation is 1. The smallest absolute Gasteiger partial charge is 0.308 e. The van der Waals surface area contributed by atoms with Crippen molar-refractivity contribution in [2.24, 2.45) is 17.8 Å². The molecule has 1 aromatic heterocycles. The van der Waals surface area contributed by atoms with Crippen LogP contribution in [0.15, 0.2) is 12.1 Å². The number of likely N-dealkylation sites (tertiary alicyclic amines) is 1. The van der Waals surface area contributed by atoms with Gasteiger partial charge in [0, 0.05) is 31.4 Å². The molecule has 1 N–H and O–H groups in total. The molecular weight excluding hydrogens is 304 g/mol. The number of ether oxygens (including phenoxy) is 1. The molecule has 1 aromatic rings. The molecule has 2 aliphatic rings. The zero-order valence-corrected chi connectivity index (χ0v) is 14.7. The van der Waals surface area contributed by atoms with Crippen LogP contribution in [0.1, 0.15) is 43.4 Å². The van der Waals surface area contributed by atoms with Gasteiger partial charge in [-0.3, -0.25) is 9.69 Å². The summed E-state index contributed by atoms with van der Waals surface area (Å²) < 4.78 is 5.16. The van der Waals surface area contributed by atoms with Gasteiger partial charge in [0.15, 0.2) is 0 Å². The Morgan fingerprint density at radius 1 is 1.29 bits per heavy atom. The number of carbonyl (C=O) groups is 1. The molecule has 0 unspecified atom stereocenters. The first kappa shape index (κ1) is 17.2. The quantitative estimate of drug-likeness (QED) is 0.897. The third kappa shape index (κ3) is 3.72. The molecule has 1 aliphatic carbocycles. The highest BCUT2D eigenvalue weighted by Crippen LogP contribution is 2.38. The Hall–Kier alpha value is -1.62. The lowest BCUT2D eigenvalue weighted by molar-refractivity contribution is -0.143. The van der Waals surface area contributed by atoms with Crippen molar-refractivity contribution in [3.63, 3.8) is 0 Å². The maximum atomic E-state index is 11.7. The van der Waals surface area contributed by atoms with Gasteiger partial charge in [-0.15, -0.1) is 0 Å². The summed E-state index contributed by atoms with van der Waals surface area (Å²) in [6, 6.07) is 3.93. The van der Waals surface area contributed by atoms with Gasteiger partial charge in [0.1, 0.15) is 0 Å². The minimum absolute atomic E-state index is 0.223. The molecule has 0 amide bonds. The zero-order valence-electron chi connectivity index (χ0n) is 14.7. The average molecular weight is 332 g/mol. The highest BCUT2D eigenvalue weighted by atomic mass is 16.5. The first-order chi connectivity index (χ1) is 11.6. The van der Waals surface area contributed by atoms with E-state index in [1.165, 1.54) is 32.1 Å². The Morgan fingerprint density at radius 3 is 2.67 bits per heavy atom. The lowest BCUT2D eigenvalue weighted by atomic mass is 9.75. The van der Waals surface area contributed by atoms with Crippen molar-refractivity contribution in [3.05, 3.63) is 23.4 Å². The maximum absolute atomic E-state index is 11.7. The monoisotopic (exact) mass is 332 g/mol. The van der Waals surface area contributed by atoms with Crippen LogP contribution in [0, 0.1) is 24.7 Å². The number of rotatable bonds is 5. The molecule has 1 aliphatic heterocycles. The van der Waals surface area contributed by atoms with Crippen molar-refractivity contribution in [2.75, 3.05) is 20.2 Å². The fraction of sp³-hybridized carbons (Fsp3) is 0.684. The molecule has 132 valence electrons. The normalized spacial score (nSPS) is 25.8. The Balaban J connectivity index is 1.69. The van der Waals surface area contributed by atoms with Crippen molar-refractivity contribution in [1.29, 1.82) is 0 Å². The van der Waals surface area contributed by atoms with E-state index in [0.29, 0.717) is 24.3 Å². The molecule has 0 spiro atoms. The number of aromatic nitrogens is 1. The molecule has 1 saturated heterocycles. The van der Waals surface area contributed by atoms with Crippen LogP contribution in [0.4, 0.5) is 0 Å². The van der Waals surface area contributed by atoms with Crippen molar-refractivity contribution in [3.8, 4) is 5.88 Å². The van der Waals surface area contributed by atoms with E-state index < -0.39 is 5.97 Å². The van der Waals surface area contributed by atoms with E-state index >= 15 is 0 Å². The van der Waals surface area contributed by atoms with Crippen molar-refractivity contribution >= 4 is 5.97 Å². The highest BCUT2D eigenvalue weighted by molar-refractivity contribution is 5.71. The molecule has 5 heteroatoms. The Labute approximate surface area is 144 Å². The minimum Gasteiger partial charge on any atom is -0.481 e. The fourth-order valence-electron chi connectivity index (χ4n) is 4.43. The summed E-state index contributed by atoms with van der Waals surface area (Å²) >= 11 is 0. The van der Waals surface area contributed by atoms with E-state index in [2.05, 4.69) is 9.88 Å². The second-order valence-corrected chi connectivity index (χ2v) is 7.30. The van der Waals surface area contributed by atoms with Crippen molar-refractivity contribution in [2.45, 2.75) is 45.6 Å². The van der Waals surface area contributed by atoms with Crippen molar-refractivity contribution in [1.82, 2.24) is 9.88 Å². The summed E-state index contributed by atoms with van der Waals surface area (Å²) in [6.07, 6.45) is 6.22. The Bertz CT molecular complexity index is 584. The summed E-state index contributed by atoms with van der Waals surface area (Å²) in [5, 5.41) is 9.67. The maximum Gasteiger partial charge on any atom is 0.308 e. The molecule has 0 aromatic carbocycles. The van der Waals surface area contributed by atoms with Gasteiger partial charge in [-0.1, -0.05) is 38.2 Å². The van der Waals surface area contributed by atoms with E-state index in [4.69, 9.17) is 4.74 Å². The number of nitrogens with zero attached hydrogens (tertiary/aromatic N) is 2. The van der Waals surface area contributed by atoms with Gasteiger partial charge in [0.25, 0.3) is 0 Å². The van der Waals surface area contributed by atoms with E-state index in [1.807, 2.05) is 19.1 Å². The van der Waals surface area contributed by atoms with Gasteiger partial charge >= 0.3 is 5.97 Å². The average Bonchev–Trinajstić information content (AvgIpc) is 3.02. The molecule has 2 atom stereocenters. The Morgan fingerprint density at radius 2 is 2.04 bits per heavy atom. The predicted molar refractivity (Wildman–Crippen MR) is 92.0 cm³/mol. The van der Waals surface area contributed by atoms with Crippen LogP contribution < -0.4 is 4.74 Å². The number of aliphatic carboxylic acids is 1. The topological polar surface area (TPSA) is 62.7 Å². The van der Waals surface area contributed by atoms with Gasteiger partial charge in [0.2, 0.25) is 5.88 Å². The van der Waals surface area contributed by atoms with Crippen LogP contribution in [0.5, 0.6) is 5.88 Å². The second-order valence-electron chi connectivity index (χ2n) is 7.30. The minimum atomic E-state index is -0.627. The summed E-state index contributed by atoms with van der Waals surface area (Å²) in [5.41, 5.74) is 2.12. The molecule has 2 heterocycles. The van der Waals surface area contributed by atoms with E-state index in [0.717, 1.165) is 24.3 Å². The highest BCUT2D eigenvalue weighted by Gasteiger charge is 2.41. The number of carboxylic acids is 1. The van der Waals surface area contributed by atoms with Crippen molar-refractivity contribution < 1.29 is 14.6 Å². The van der Waals surface area contributed by atoms with E-state index in [-0.39, 0.29) is 5.92 Å². The molecule has 0 bridgehead atoms. The zero-order chi connectivity index (χ0) is 17.1. The molecule has 0 radical (unpaired) electrons. The van der Waals surface area contributed by atoms with E-state index in [9.17, 15) is 9.90 Å². The number of hydrogen-bond donors (Lipinski definition) is 1. The van der Waals surface area contributed by atoms with Gasteiger partial charge < -0.3 is 9.84 Å². The van der Waals surface area contributed by atoms with Crippen LogP contribution in [-0.4, -0.2) is 41.2 Å². The molecule has 5 nitrogen and oxygen atoms in total.